The minimum atomic E-state index is 0.394. The van der Waals surface area contributed by atoms with Crippen LogP contribution in [0.2, 0.25) is 0 Å². The SMILES string of the molecule is C#Cc1cc2ccccc2[se]1. The third kappa shape index (κ3) is 1.12. The number of rotatable bonds is 0. The van der Waals surface area contributed by atoms with Crippen LogP contribution in [-0.2, 0) is 0 Å². The molecule has 0 unspecified atom stereocenters. The second-order valence-corrected chi connectivity index (χ2v) is 4.57. The molecule has 1 heteroatoms. The molecule has 1 heterocycles. The van der Waals surface area contributed by atoms with Crippen LogP contribution in [0, 0.1) is 12.3 Å². The van der Waals surface area contributed by atoms with E-state index in [0.29, 0.717) is 14.5 Å². The van der Waals surface area contributed by atoms with Crippen molar-refractivity contribution in [3.8, 4) is 12.3 Å². The zero-order valence-electron chi connectivity index (χ0n) is 5.87. The van der Waals surface area contributed by atoms with Crippen molar-refractivity contribution in [2.75, 3.05) is 0 Å². The summed E-state index contributed by atoms with van der Waals surface area (Å²) >= 11 is 0.394. The molecule has 0 radical (unpaired) electrons. The summed E-state index contributed by atoms with van der Waals surface area (Å²) in [7, 11) is 0. The molecule has 0 bridgehead atoms. The van der Waals surface area contributed by atoms with Crippen molar-refractivity contribution in [1.82, 2.24) is 0 Å². The fourth-order valence-corrected chi connectivity index (χ4v) is 2.88. The third-order valence-electron chi connectivity index (χ3n) is 1.57. The summed E-state index contributed by atoms with van der Waals surface area (Å²) in [6, 6.07) is 10.5. The molecule has 2 aromatic rings. The van der Waals surface area contributed by atoms with Gasteiger partial charge in [-0.15, -0.1) is 0 Å². The van der Waals surface area contributed by atoms with Gasteiger partial charge in [-0.05, 0) is 0 Å². The average molecular weight is 205 g/mol. The van der Waals surface area contributed by atoms with Gasteiger partial charge in [-0.3, -0.25) is 0 Å². The first-order valence-electron chi connectivity index (χ1n) is 3.35. The van der Waals surface area contributed by atoms with Gasteiger partial charge in [-0.1, -0.05) is 0 Å². The van der Waals surface area contributed by atoms with Gasteiger partial charge < -0.3 is 0 Å². The molecule has 0 saturated heterocycles. The Balaban J connectivity index is 2.81. The van der Waals surface area contributed by atoms with E-state index in [-0.39, 0.29) is 0 Å². The van der Waals surface area contributed by atoms with Crippen molar-refractivity contribution in [1.29, 1.82) is 0 Å². The molecule has 0 N–H and O–H groups in total. The monoisotopic (exact) mass is 206 g/mol. The Hall–Kier alpha value is -0.961. The van der Waals surface area contributed by atoms with Crippen LogP contribution in [0.15, 0.2) is 30.3 Å². The van der Waals surface area contributed by atoms with E-state index in [4.69, 9.17) is 6.42 Å². The number of fused-ring (bicyclic) bond motifs is 1. The van der Waals surface area contributed by atoms with Crippen LogP contribution < -0.4 is 0 Å². The Morgan fingerprint density at radius 2 is 2.09 bits per heavy atom. The number of benzene rings is 1. The quantitative estimate of drug-likeness (QED) is 0.455. The maximum absolute atomic E-state index is 5.31. The molecule has 0 spiro atoms. The maximum atomic E-state index is 5.31. The molecule has 0 nitrogen and oxygen atoms in total. The number of terminal acetylenes is 1. The Labute approximate surface area is 71.6 Å². The summed E-state index contributed by atoms with van der Waals surface area (Å²) in [5.41, 5.74) is 0. The van der Waals surface area contributed by atoms with Crippen LogP contribution in [-0.4, -0.2) is 14.5 Å². The molecule has 0 aliphatic heterocycles. The molecule has 1 aromatic carbocycles. The van der Waals surface area contributed by atoms with Crippen LogP contribution in [0.4, 0.5) is 0 Å². The van der Waals surface area contributed by atoms with E-state index in [1.54, 1.807) is 0 Å². The van der Waals surface area contributed by atoms with Gasteiger partial charge in [0.2, 0.25) is 0 Å². The van der Waals surface area contributed by atoms with Gasteiger partial charge in [0.15, 0.2) is 0 Å². The van der Waals surface area contributed by atoms with Crippen LogP contribution in [0.25, 0.3) is 9.65 Å². The van der Waals surface area contributed by atoms with Crippen LogP contribution in [0.5, 0.6) is 0 Å². The van der Waals surface area contributed by atoms with E-state index in [0.717, 1.165) is 4.44 Å². The standard InChI is InChI=1S/C10H6Se/c1-2-9-7-8-5-3-4-6-10(8)11-9/h1,3-7H. The fourth-order valence-electron chi connectivity index (χ4n) is 1.05. The third-order valence-corrected chi connectivity index (χ3v) is 3.77. The summed E-state index contributed by atoms with van der Waals surface area (Å²) in [5.74, 6) is 2.70. The molecule has 0 saturated carbocycles. The van der Waals surface area contributed by atoms with E-state index >= 15 is 0 Å². The van der Waals surface area contributed by atoms with E-state index < -0.39 is 0 Å². The summed E-state index contributed by atoms with van der Waals surface area (Å²) < 4.78 is 2.56. The average Bonchev–Trinajstić information content (AvgIpc) is 2.46. The topological polar surface area (TPSA) is 0 Å². The summed E-state index contributed by atoms with van der Waals surface area (Å²) in [4.78, 5) is 0. The predicted octanol–water partition coefficient (Wildman–Crippen LogP) is 1.88. The molecule has 52 valence electrons. The molecule has 0 amide bonds. The van der Waals surface area contributed by atoms with Crippen molar-refractivity contribution in [3.63, 3.8) is 0 Å². The summed E-state index contributed by atoms with van der Waals surface area (Å²) in [5, 5.41) is 1.31. The van der Waals surface area contributed by atoms with E-state index in [1.165, 1.54) is 9.65 Å². The zero-order valence-corrected chi connectivity index (χ0v) is 7.59. The van der Waals surface area contributed by atoms with Gasteiger partial charge in [0.05, 0.1) is 0 Å². The van der Waals surface area contributed by atoms with Crippen LogP contribution >= 0.6 is 0 Å². The number of hydrogen-bond donors (Lipinski definition) is 0. The van der Waals surface area contributed by atoms with Crippen molar-refractivity contribution in [3.05, 3.63) is 34.8 Å². The van der Waals surface area contributed by atoms with Crippen molar-refractivity contribution >= 4 is 24.1 Å². The second kappa shape index (κ2) is 2.58. The number of hydrogen-bond acceptors (Lipinski definition) is 0. The Morgan fingerprint density at radius 3 is 2.82 bits per heavy atom. The van der Waals surface area contributed by atoms with Gasteiger partial charge in [0, 0.05) is 0 Å². The molecule has 11 heavy (non-hydrogen) atoms. The molecule has 0 aliphatic rings. The Morgan fingerprint density at radius 1 is 1.27 bits per heavy atom. The van der Waals surface area contributed by atoms with Crippen LogP contribution in [0.1, 0.15) is 4.44 Å². The van der Waals surface area contributed by atoms with Gasteiger partial charge in [0.1, 0.15) is 0 Å². The van der Waals surface area contributed by atoms with Gasteiger partial charge in [-0.2, -0.15) is 0 Å². The Bertz CT molecular complexity index is 385. The van der Waals surface area contributed by atoms with E-state index in [2.05, 4.69) is 30.2 Å². The first-order valence-corrected chi connectivity index (χ1v) is 5.06. The van der Waals surface area contributed by atoms with E-state index in [1.807, 2.05) is 6.07 Å². The summed E-state index contributed by atoms with van der Waals surface area (Å²) in [6.07, 6.45) is 5.31. The van der Waals surface area contributed by atoms with Crippen molar-refractivity contribution in [2.24, 2.45) is 0 Å². The second-order valence-electron chi connectivity index (χ2n) is 2.29. The van der Waals surface area contributed by atoms with Gasteiger partial charge >= 0.3 is 71.3 Å². The fraction of sp³-hybridized carbons (Fsp3) is 0. The molecule has 0 atom stereocenters. The molecular weight excluding hydrogens is 199 g/mol. The molecule has 0 fully saturated rings. The Kier molecular flexibility index (Phi) is 1.58. The zero-order chi connectivity index (χ0) is 7.68. The molecule has 0 aliphatic carbocycles. The minimum absolute atomic E-state index is 0.394. The molecule has 1 aromatic heterocycles. The molecule has 2 rings (SSSR count). The molecular formula is C10H6Se. The first-order chi connectivity index (χ1) is 5.40. The van der Waals surface area contributed by atoms with Gasteiger partial charge in [-0.25, -0.2) is 0 Å². The predicted molar refractivity (Wildman–Crippen MR) is 48.8 cm³/mol. The normalized spacial score (nSPS) is 9.73. The van der Waals surface area contributed by atoms with Crippen molar-refractivity contribution in [2.45, 2.75) is 0 Å². The summed E-state index contributed by atoms with van der Waals surface area (Å²) in [6.45, 7) is 0. The van der Waals surface area contributed by atoms with Crippen molar-refractivity contribution < 1.29 is 0 Å². The van der Waals surface area contributed by atoms with Crippen LogP contribution in [0.3, 0.4) is 0 Å². The van der Waals surface area contributed by atoms with Gasteiger partial charge in [0.25, 0.3) is 0 Å². The first kappa shape index (κ1) is 6.73. The van der Waals surface area contributed by atoms with E-state index in [9.17, 15) is 0 Å².